The fourth-order valence-corrected chi connectivity index (χ4v) is 2.70. The van der Waals surface area contributed by atoms with Gasteiger partial charge in [-0.2, -0.15) is 5.01 Å². The first-order valence-electron chi connectivity index (χ1n) is 7.63. The van der Waals surface area contributed by atoms with Gasteiger partial charge in [-0.25, -0.2) is 0 Å². The Balaban J connectivity index is 1.74. The van der Waals surface area contributed by atoms with Crippen molar-refractivity contribution in [3.8, 4) is 0 Å². The van der Waals surface area contributed by atoms with Crippen molar-refractivity contribution in [1.82, 2.24) is 4.90 Å². The maximum absolute atomic E-state index is 11.2. The molecule has 2 aromatic rings. The van der Waals surface area contributed by atoms with Gasteiger partial charge in [0, 0.05) is 11.6 Å². The van der Waals surface area contributed by atoms with E-state index < -0.39 is 4.92 Å². The lowest BCUT2D eigenvalue weighted by atomic mass is 10.1. The second-order valence-corrected chi connectivity index (χ2v) is 6.02. The minimum absolute atomic E-state index is 0.0516. The Hall–Kier alpha value is -2.44. The molecule has 1 aliphatic rings. The molecule has 0 saturated carbocycles. The molecule has 2 aromatic carbocycles. The van der Waals surface area contributed by atoms with Crippen LogP contribution in [0.5, 0.6) is 0 Å². The fraction of sp³-hybridized carbons (Fsp3) is 0.235. The molecule has 3 rings (SSSR count). The molecule has 24 heavy (non-hydrogen) atoms. The van der Waals surface area contributed by atoms with Gasteiger partial charge in [0.2, 0.25) is 0 Å². The quantitative estimate of drug-likeness (QED) is 0.631. The van der Waals surface area contributed by atoms with Gasteiger partial charge < -0.3 is 10.1 Å². The average Bonchev–Trinajstić information content (AvgIpc) is 2.61. The van der Waals surface area contributed by atoms with Crippen molar-refractivity contribution in [1.29, 1.82) is 0 Å². The highest BCUT2D eigenvalue weighted by Gasteiger charge is 2.29. The predicted octanol–water partition coefficient (Wildman–Crippen LogP) is 3.25. The number of rotatable bonds is 4. The number of halogens is 1. The molecule has 0 radical (unpaired) electrons. The molecule has 0 N–H and O–H groups in total. The lowest BCUT2D eigenvalue weighted by Gasteiger charge is -2.28. The predicted molar refractivity (Wildman–Crippen MR) is 94.9 cm³/mol. The molecule has 0 spiro atoms. The monoisotopic (exact) mass is 344 g/mol. The van der Waals surface area contributed by atoms with Crippen molar-refractivity contribution in [2.45, 2.75) is 6.42 Å². The SMILES string of the molecule is O=[N+]([O-])C1=NN(c2ccc(Cl)cc2)CN(CCc2ccccc2)C1. The van der Waals surface area contributed by atoms with Gasteiger partial charge in [0.25, 0.3) is 0 Å². The topological polar surface area (TPSA) is 62.0 Å². The smallest absolute Gasteiger partial charge is 0.358 e. The molecule has 1 aliphatic heterocycles. The summed E-state index contributed by atoms with van der Waals surface area (Å²) in [5.41, 5.74) is 1.99. The minimum Gasteiger partial charge on any atom is -0.358 e. The molecule has 0 aromatic heterocycles. The lowest BCUT2D eigenvalue weighted by Crippen LogP contribution is -2.46. The maximum Gasteiger partial charge on any atom is 0.378 e. The van der Waals surface area contributed by atoms with Crippen LogP contribution in [0.25, 0.3) is 0 Å². The number of nitrogens with zero attached hydrogens (tertiary/aromatic N) is 4. The molecule has 0 saturated heterocycles. The van der Waals surface area contributed by atoms with Crippen LogP contribution in [0, 0.1) is 10.1 Å². The molecule has 0 atom stereocenters. The Bertz CT molecular complexity index is 734. The number of anilines is 1. The van der Waals surface area contributed by atoms with E-state index in [1.54, 1.807) is 17.1 Å². The van der Waals surface area contributed by atoms with E-state index in [1.807, 2.05) is 35.2 Å². The molecule has 0 aliphatic carbocycles. The number of nitro groups is 1. The van der Waals surface area contributed by atoms with Crippen molar-refractivity contribution >= 4 is 23.1 Å². The first-order chi connectivity index (χ1) is 11.6. The zero-order valence-corrected chi connectivity index (χ0v) is 13.8. The van der Waals surface area contributed by atoms with Crippen LogP contribution in [-0.2, 0) is 6.42 Å². The third-order valence-electron chi connectivity index (χ3n) is 3.83. The number of hydrogen-bond acceptors (Lipinski definition) is 5. The Kier molecular flexibility index (Phi) is 5.08. The molecular formula is C17H17ClN4O2. The highest BCUT2D eigenvalue weighted by Crippen LogP contribution is 2.21. The summed E-state index contributed by atoms with van der Waals surface area (Å²) in [6.07, 6.45) is 0.834. The van der Waals surface area contributed by atoms with E-state index in [-0.39, 0.29) is 12.4 Å². The van der Waals surface area contributed by atoms with Crippen LogP contribution in [0.4, 0.5) is 5.69 Å². The van der Waals surface area contributed by atoms with Gasteiger partial charge in [-0.1, -0.05) is 41.9 Å². The molecule has 1 heterocycles. The largest absolute Gasteiger partial charge is 0.378 e. The summed E-state index contributed by atoms with van der Waals surface area (Å²) in [5, 5.41) is 17.6. The van der Waals surface area contributed by atoms with Gasteiger partial charge in [0.15, 0.2) is 0 Å². The molecule has 124 valence electrons. The van der Waals surface area contributed by atoms with Crippen LogP contribution < -0.4 is 5.01 Å². The molecule has 0 fully saturated rings. The van der Waals surface area contributed by atoms with Crippen LogP contribution in [-0.4, -0.2) is 35.4 Å². The summed E-state index contributed by atoms with van der Waals surface area (Å²) in [6, 6.07) is 17.2. The van der Waals surface area contributed by atoms with Gasteiger partial charge in [0.1, 0.15) is 13.2 Å². The van der Waals surface area contributed by atoms with Crippen molar-refractivity contribution < 1.29 is 4.92 Å². The van der Waals surface area contributed by atoms with Crippen molar-refractivity contribution in [2.75, 3.05) is 24.8 Å². The molecule has 0 amide bonds. The number of amidine groups is 1. The van der Waals surface area contributed by atoms with Crippen LogP contribution in [0.15, 0.2) is 59.7 Å². The van der Waals surface area contributed by atoms with Gasteiger partial charge >= 0.3 is 5.84 Å². The minimum atomic E-state index is -0.419. The van der Waals surface area contributed by atoms with Crippen molar-refractivity contribution in [3.63, 3.8) is 0 Å². The standard InChI is InChI=1S/C17H17ClN4O2/c18-15-6-8-16(9-7-15)21-13-20(12-17(19-21)22(23)24)11-10-14-4-2-1-3-5-14/h1-9H,10-13H2. The molecular weight excluding hydrogens is 328 g/mol. The van der Waals surface area contributed by atoms with Crippen LogP contribution >= 0.6 is 11.6 Å². The Morgan fingerprint density at radius 2 is 1.83 bits per heavy atom. The van der Waals surface area contributed by atoms with Gasteiger partial charge in [-0.3, -0.25) is 4.90 Å². The van der Waals surface area contributed by atoms with Gasteiger partial charge in [-0.15, -0.1) is 0 Å². The Labute approximate surface area is 145 Å². The van der Waals surface area contributed by atoms with E-state index in [0.29, 0.717) is 11.7 Å². The summed E-state index contributed by atoms with van der Waals surface area (Å²) in [5.74, 6) is -0.0516. The van der Waals surface area contributed by atoms with E-state index in [9.17, 15) is 10.1 Å². The average molecular weight is 345 g/mol. The Morgan fingerprint density at radius 3 is 2.50 bits per heavy atom. The van der Waals surface area contributed by atoms with E-state index in [4.69, 9.17) is 11.6 Å². The normalized spacial score (nSPS) is 15.2. The third kappa shape index (κ3) is 4.10. The van der Waals surface area contributed by atoms with E-state index >= 15 is 0 Å². The Morgan fingerprint density at radius 1 is 1.12 bits per heavy atom. The van der Waals surface area contributed by atoms with E-state index in [0.717, 1.165) is 18.7 Å². The van der Waals surface area contributed by atoms with E-state index in [2.05, 4.69) is 17.2 Å². The molecule has 0 bridgehead atoms. The lowest BCUT2D eigenvalue weighted by molar-refractivity contribution is -0.354. The number of hydrogen-bond donors (Lipinski definition) is 0. The van der Waals surface area contributed by atoms with Crippen molar-refractivity contribution in [2.24, 2.45) is 5.10 Å². The first-order valence-corrected chi connectivity index (χ1v) is 8.01. The molecule has 7 heteroatoms. The van der Waals surface area contributed by atoms with Gasteiger partial charge in [-0.05, 0) is 41.2 Å². The maximum atomic E-state index is 11.2. The van der Waals surface area contributed by atoms with Crippen LogP contribution in [0.3, 0.4) is 0 Å². The number of benzene rings is 2. The fourth-order valence-electron chi connectivity index (χ4n) is 2.57. The second kappa shape index (κ2) is 7.42. The van der Waals surface area contributed by atoms with E-state index in [1.165, 1.54) is 5.56 Å². The molecule has 0 unspecified atom stereocenters. The van der Waals surface area contributed by atoms with Crippen LogP contribution in [0.1, 0.15) is 5.56 Å². The highest BCUT2D eigenvalue weighted by atomic mass is 35.5. The zero-order chi connectivity index (χ0) is 16.9. The summed E-state index contributed by atoms with van der Waals surface area (Å²) in [6.45, 7) is 1.47. The summed E-state index contributed by atoms with van der Waals surface area (Å²) in [7, 11) is 0. The molecule has 6 nitrogen and oxygen atoms in total. The highest BCUT2D eigenvalue weighted by molar-refractivity contribution is 6.30. The third-order valence-corrected chi connectivity index (χ3v) is 4.08. The number of hydrazone groups is 1. The second-order valence-electron chi connectivity index (χ2n) is 5.58. The zero-order valence-electron chi connectivity index (χ0n) is 13.0. The summed E-state index contributed by atoms with van der Waals surface area (Å²) in [4.78, 5) is 12.8. The van der Waals surface area contributed by atoms with Crippen molar-refractivity contribution in [3.05, 3.63) is 75.3 Å². The van der Waals surface area contributed by atoms with Crippen LogP contribution in [0.2, 0.25) is 5.02 Å². The van der Waals surface area contributed by atoms with Gasteiger partial charge in [0.05, 0.1) is 10.8 Å². The summed E-state index contributed by atoms with van der Waals surface area (Å²) < 4.78 is 0. The first kappa shape index (κ1) is 16.4. The summed E-state index contributed by atoms with van der Waals surface area (Å²) >= 11 is 5.90.